The maximum atomic E-state index is 11.9. The van der Waals surface area contributed by atoms with E-state index in [2.05, 4.69) is 84.9 Å². The Balaban J connectivity index is 1.65. The summed E-state index contributed by atoms with van der Waals surface area (Å²) in [7, 11) is 0. The van der Waals surface area contributed by atoms with Gasteiger partial charge in [0, 0.05) is 22.3 Å². The van der Waals surface area contributed by atoms with Crippen LogP contribution < -0.4 is 0 Å². The summed E-state index contributed by atoms with van der Waals surface area (Å²) in [5.74, 6) is 0.257. The van der Waals surface area contributed by atoms with Crippen LogP contribution in [-0.2, 0) is 0 Å². The molecule has 0 aliphatic heterocycles. The lowest BCUT2D eigenvalue weighted by Crippen LogP contribution is -1.95. The highest BCUT2D eigenvalue weighted by Crippen LogP contribution is 2.53. The molecule has 0 amide bonds. The van der Waals surface area contributed by atoms with Crippen LogP contribution in [0, 0.1) is 0 Å². The number of phenolic OH excluding ortho intramolecular Hbond substituents is 2. The van der Waals surface area contributed by atoms with Crippen LogP contribution in [0.5, 0.6) is 11.5 Å². The van der Waals surface area contributed by atoms with Gasteiger partial charge in [-0.15, -0.1) is 0 Å². The Hall–Kier alpha value is -5.60. The number of phenols is 2. The van der Waals surface area contributed by atoms with Crippen molar-refractivity contribution < 1.29 is 10.2 Å². The van der Waals surface area contributed by atoms with Gasteiger partial charge >= 0.3 is 0 Å². The van der Waals surface area contributed by atoms with E-state index in [1.165, 1.54) is 0 Å². The molecule has 2 heteroatoms. The van der Waals surface area contributed by atoms with Crippen molar-refractivity contribution >= 4 is 43.1 Å². The number of benzene rings is 8. The van der Waals surface area contributed by atoms with Crippen LogP contribution >= 0.6 is 0 Å². The second kappa shape index (κ2) is 9.50. The van der Waals surface area contributed by atoms with Gasteiger partial charge in [0.1, 0.15) is 11.5 Å². The third kappa shape index (κ3) is 3.66. The zero-order chi connectivity index (χ0) is 28.2. The summed E-state index contributed by atoms with van der Waals surface area (Å²) in [6, 6.07) is 49.1. The van der Waals surface area contributed by atoms with Crippen molar-refractivity contribution in [1.82, 2.24) is 0 Å². The second-order valence-electron chi connectivity index (χ2n) is 10.8. The Morgan fingerprint density at radius 1 is 0.310 bits per heavy atom. The second-order valence-corrected chi connectivity index (χ2v) is 10.8. The van der Waals surface area contributed by atoms with E-state index in [1.54, 1.807) is 0 Å². The van der Waals surface area contributed by atoms with Gasteiger partial charge in [0.15, 0.2) is 0 Å². The van der Waals surface area contributed by atoms with Crippen LogP contribution in [0.2, 0.25) is 0 Å². The van der Waals surface area contributed by atoms with Gasteiger partial charge in [0.2, 0.25) is 0 Å². The van der Waals surface area contributed by atoms with E-state index in [0.29, 0.717) is 11.1 Å². The number of hydrogen-bond acceptors (Lipinski definition) is 2. The molecule has 2 nitrogen and oxygen atoms in total. The van der Waals surface area contributed by atoms with E-state index >= 15 is 0 Å². The van der Waals surface area contributed by atoms with Crippen LogP contribution in [0.3, 0.4) is 0 Å². The molecule has 0 atom stereocenters. The van der Waals surface area contributed by atoms with E-state index in [-0.39, 0.29) is 11.5 Å². The Morgan fingerprint density at radius 2 is 0.667 bits per heavy atom. The van der Waals surface area contributed by atoms with Crippen molar-refractivity contribution in [2.75, 3.05) is 0 Å². The Kier molecular flexibility index (Phi) is 5.48. The third-order valence-corrected chi connectivity index (χ3v) is 8.39. The average molecular weight is 539 g/mol. The number of fused-ring (bicyclic) bond motifs is 6. The van der Waals surface area contributed by atoms with Crippen LogP contribution in [-0.4, -0.2) is 10.2 Å². The summed E-state index contributed by atoms with van der Waals surface area (Å²) in [6.07, 6.45) is 0. The maximum Gasteiger partial charge on any atom is 0.124 e. The molecule has 198 valence electrons. The quantitative estimate of drug-likeness (QED) is 0.220. The van der Waals surface area contributed by atoms with Crippen molar-refractivity contribution in [3.05, 3.63) is 146 Å². The first-order chi connectivity index (χ1) is 20.7. The van der Waals surface area contributed by atoms with E-state index in [1.807, 2.05) is 60.7 Å². The first-order valence-electron chi connectivity index (χ1n) is 14.1. The van der Waals surface area contributed by atoms with Gasteiger partial charge in [-0.2, -0.15) is 0 Å². The Bertz CT molecular complexity index is 2140. The minimum Gasteiger partial charge on any atom is -0.507 e. The molecule has 8 aromatic carbocycles. The van der Waals surface area contributed by atoms with Crippen LogP contribution in [0.1, 0.15) is 0 Å². The van der Waals surface area contributed by atoms with Gasteiger partial charge in [-0.1, -0.05) is 133 Å². The molecule has 42 heavy (non-hydrogen) atoms. The van der Waals surface area contributed by atoms with Gasteiger partial charge in [0.05, 0.1) is 0 Å². The molecule has 0 unspecified atom stereocenters. The number of hydrogen-bond donors (Lipinski definition) is 2. The number of rotatable bonds is 3. The lowest BCUT2D eigenvalue weighted by atomic mass is 9.81. The maximum absolute atomic E-state index is 11.9. The minimum atomic E-state index is 0.128. The SMILES string of the molecule is Oc1cc2ccc3ccccc3c2c(-c2ccccc2)c1-c1c(O)cc2ccc3ccccc3c2c1-c1ccccc1. The molecular weight excluding hydrogens is 512 g/mol. The molecule has 0 bridgehead atoms. The molecule has 0 saturated heterocycles. The van der Waals surface area contributed by atoms with Gasteiger partial charge in [-0.05, 0) is 66.3 Å². The summed E-state index contributed by atoms with van der Waals surface area (Å²) >= 11 is 0. The van der Waals surface area contributed by atoms with E-state index in [9.17, 15) is 10.2 Å². The molecule has 0 radical (unpaired) electrons. The van der Waals surface area contributed by atoms with Gasteiger partial charge in [0.25, 0.3) is 0 Å². The van der Waals surface area contributed by atoms with Crippen molar-refractivity contribution in [2.45, 2.75) is 0 Å². The summed E-state index contributed by atoms with van der Waals surface area (Å²) in [4.78, 5) is 0. The average Bonchev–Trinajstić information content (AvgIpc) is 3.04. The predicted octanol–water partition coefficient (Wildman–Crippen LogP) is 10.7. The van der Waals surface area contributed by atoms with Crippen LogP contribution in [0.4, 0.5) is 0 Å². The van der Waals surface area contributed by atoms with Crippen molar-refractivity contribution in [1.29, 1.82) is 0 Å². The van der Waals surface area contributed by atoms with Crippen molar-refractivity contribution in [3.63, 3.8) is 0 Å². The molecule has 0 aromatic heterocycles. The molecule has 0 saturated carbocycles. The van der Waals surface area contributed by atoms with Gasteiger partial charge in [-0.3, -0.25) is 0 Å². The first-order valence-corrected chi connectivity index (χ1v) is 14.1. The Morgan fingerprint density at radius 3 is 1.10 bits per heavy atom. The zero-order valence-electron chi connectivity index (χ0n) is 22.8. The highest BCUT2D eigenvalue weighted by atomic mass is 16.3. The summed E-state index contributed by atoms with van der Waals surface area (Å²) < 4.78 is 0. The fraction of sp³-hybridized carbons (Fsp3) is 0. The van der Waals surface area contributed by atoms with Crippen LogP contribution in [0.25, 0.3) is 76.5 Å². The van der Waals surface area contributed by atoms with Gasteiger partial charge in [-0.25, -0.2) is 0 Å². The van der Waals surface area contributed by atoms with Crippen LogP contribution in [0.15, 0.2) is 146 Å². The molecule has 8 rings (SSSR count). The fourth-order valence-electron chi connectivity index (χ4n) is 6.61. The van der Waals surface area contributed by atoms with Gasteiger partial charge < -0.3 is 10.2 Å². The molecular formula is C40H26O2. The largest absolute Gasteiger partial charge is 0.507 e. The number of aromatic hydroxyl groups is 2. The summed E-state index contributed by atoms with van der Waals surface area (Å²) in [5.41, 5.74) is 4.98. The normalized spacial score (nSPS) is 11.5. The molecule has 0 fully saturated rings. The smallest absolute Gasteiger partial charge is 0.124 e. The third-order valence-electron chi connectivity index (χ3n) is 8.39. The first kappa shape index (κ1) is 24.2. The molecule has 0 spiro atoms. The van der Waals surface area contributed by atoms with Crippen molar-refractivity contribution in [2.24, 2.45) is 0 Å². The van der Waals surface area contributed by atoms with Crippen molar-refractivity contribution in [3.8, 4) is 44.9 Å². The molecule has 0 heterocycles. The summed E-state index contributed by atoms with van der Waals surface area (Å²) in [6.45, 7) is 0. The molecule has 2 N–H and O–H groups in total. The zero-order valence-corrected chi connectivity index (χ0v) is 22.8. The van der Waals surface area contributed by atoms with E-state index in [0.717, 1.165) is 65.3 Å². The molecule has 8 aromatic rings. The lowest BCUT2D eigenvalue weighted by Gasteiger charge is -2.22. The topological polar surface area (TPSA) is 40.5 Å². The monoisotopic (exact) mass is 538 g/mol. The highest BCUT2D eigenvalue weighted by molar-refractivity contribution is 6.23. The Labute approximate surface area is 243 Å². The molecule has 0 aliphatic carbocycles. The minimum absolute atomic E-state index is 0.128. The van der Waals surface area contributed by atoms with E-state index in [4.69, 9.17) is 0 Å². The predicted molar refractivity (Wildman–Crippen MR) is 176 cm³/mol. The summed E-state index contributed by atoms with van der Waals surface area (Å²) in [5, 5.41) is 32.3. The molecule has 0 aliphatic rings. The van der Waals surface area contributed by atoms with E-state index < -0.39 is 0 Å². The lowest BCUT2D eigenvalue weighted by molar-refractivity contribution is 0.470. The standard InChI is InChI=1S/C40H26O2/c41-33-23-29-21-19-25-11-7-9-17-31(25)35(29)37(27-13-3-1-4-14-27)39(33)40-34(42)24-30-22-20-26-12-8-10-18-32(26)36(30)38(40)28-15-5-2-6-16-28/h1-24,41-42H. The fourth-order valence-corrected chi connectivity index (χ4v) is 6.61. The highest BCUT2D eigenvalue weighted by Gasteiger charge is 2.26.